The SMILES string of the molecule is ClCCCCCCCCCCCCCCC[SiH](Cl)Cl. The summed E-state index contributed by atoms with van der Waals surface area (Å²) in [6.45, 7) is 0. The van der Waals surface area contributed by atoms with Gasteiger partial charge in [-0.25, -0.2) is 0 Å². The van der Waals surface area contributed by atoms with Crippen LogP contribution >= 0.6 is 33.8 Å². The van der Waals surface area contributed by atoms with Crippen LogP contribution in [0.25, 0.3) is 0 Å². The van der Waals surface area contributed by atoms with Crippen LogP contribution in [-0.4, -0.2) is 13.3 Å². The first-order valence-electron chi connectivity index (χ1n) is 8.11. The Bertz CT molecular complexity index is 165. The highest BCUT2D eigenvalue weighted by atomic mass is 35.7. The molecule has 116 valence electrons. The highest BCUT2D eigenvalue weighted by Crippen LogP contribution is 2.14. The standard InChI is InChI=1S/C15H31Cl3Si/c16-14-12-10-8-6-4-2-1-3-5-7-9-11-13-15-19(17)18/h19H,1-15H2. The van der Waals surface area contributed by atoms with Gasteiger partial charge in [-0.2, -0.15) is 22.2 Å². The Morgan fingerprint density at radius 2 is 0.789 bits per heavy atom. The molecule has 0 aliphatic carbocycles. The van der Waals surface area contributed by atoms with E-state index in [1.165, 1.54) is 83.5 Å². The summed E-state index contributed by atoms with van der Waals surface area (Å²) in [6, 6.07) is 1.09. The Hall–Kier alpha value is 1.09. The molecule has 0 saturated carbocycles. The second kappa shape index (κ2) is 17.1. The van der Waals surface area contributed by atoms with Crippen LogP contribution in [0.15, 0.2) is 0 Å². The third-order valence-electron chi connectivity index (χ3n) is 3.56. The molecule has 0 aromatic carbocycles. The minimum atomic E-state index is -1.32. The molecule has 0 aliphatic heterocycles. The van der Waals surface area contributed by atoms with E-state index in [4.69, 9.17) is 33.8 Å². The third kappa shape index (κ3) is 19.1. The predicted molar refractivity (Wildman–Crippen MR) is 94.4 cm³/mol. The molecule has 0 nitrogen and oxygen atoms in total. The molecule has 0 saturated heterocycles. The Labute approximate surface area is 136 Å². The van der Waals surface area contributed by atoms with Gasteiger partial charge in [0.1, 0.15) is 0 Å². The van der Waals surface area contributed by atoms with Crippen molar-refractivity contribution in [2.24, 2.45) is 0 Å². The third-order valence-corrected chi connectivity index (χ3v) is 5.98. The summed E-state index contributed by atoms with van der Waals surface area (Å²) in [4.78, 5) is 0. The van der Waals surface area contributed by atoms with Crippen LogP contribution in [0.5, 0.6) is 0 Å². The quantitative estimate of drug-likeness (QED) is 0.130. The second-order valence-electron chi connectivity index (χ2n) is 5.46. The van der Waals surface area contributed by atoms with E-state index < -0.39 is 7.42 Å². The molecule has 0 aromatic heterocycles. The summed E-state index contributed by atoms with van der Waals surface area (Å²) < 4.78 is 0. The molecular weight excluding hydrogens is 315 g/mol. The van der Waals surface area contributed by atoms with Crippen LogP contribution in [0, 0.1) is 0 Å². The van der Waals surface area contributed by atoms with Crippen LogP contribution in [0.4, 0.5) is 0 Å². The van der Waals surface area contributed by atoms with Crippen LogP contribution in [0.2, 0.25) is 6.04 Å². The molecule has 0 aliphatic rings. The second-order valence-corrected chi connectivity index (χ2v) is 11.0. The maximum absolute atomic E-state index is 5.83. The molecule has 0 heterocycles. The highest BCUT2D eigenvalue weighted by Gasteiger charge is 2.00. The van der Waals surface area contributed by atoms with Gasteiger partial charge in [0.05, 0.1) is 0 Å². The molecule has 0 atom stereocenters. The number of halogens is 3. The van der Waals surface area contributed by atoms with Crippen LogP contribution in [0.3, 0.4) is 0 Å². The van der Waals surface area contributed by atoms with Crippen molar-refractivity contribution >= 4 is 41.2 Å². The Morgan fingerprint density at radius 3 is 1.11 bits per heavy atom. The van der Waals surface area contributed by atoms with E-state index in [-0.39, 0.29) is 0 Å². The largest absolute Gasteiger partial charge is 0.237 e. The van der Waals surface area contributed by atoms with E-state index in [9.17, 15) is 0 Å². The normalized spacial score (nSPS) is 11.4. The molecule has 0 N–H and O–H groups in total. The molecule has 0 aromatic rings. The van der Waals surface area contributed by atoms with E-state index in [1.54, 1.807) is 0 Å². The maximum atomic E-state index is 5.83. The zero-order valence-corrected chi connectivity index (χ0v) is 15.7. The van der Waals surface area contributed by atoms with Crippen LogP contribution in [-0.2, 0) is 0 Å². The van der Waals surface area contributed by atoms with Crippen molar-refractivity contribution in [3.63, 3.8) is 0 Å². The van der Waals surface area contributed by atoms with Gasteiger partial charge in [-0.05, 0) is 12.5 Å². The number of rotatable bonds is 15. The van der Waals surface area contributed by atoms with Gasteiger partial charge in [0, 0.05) is 5.88 Å². The molecule has 0 fully saturated rings. The van der Waals surface area contributed by atoms with Gasteiger partial charge in [-0.3, -0.25) is 0 Å². The monoisotopic (exact) mass is 344 g/mol. The predicted octanol–water partition coefficient (Wildman–Crippen LogP) is 6.99. The number of unbranched alkanes of at least 4 members (excludes halogenated alkanes) is 12. The van der Waals surface area contributed by atoms with Crippen molar-refractivity contribution in [2.75, 3.05) is 5.88 Å². The minimum absolute atomic E-state index is 0.832. The fraction of sp³-hybridized carbons (Fsp3) is 1.00. The summed E-state index contributed by atoms with van der Waals surface area (Å²) in [5.41, 5.74) is 0. The Morgan fingerprint density at radius 1 is 0.474 bits per heavy atom. The maximum Gasteiger partial charge on any atom is 0.237 e. The van der Waals surface area contributed by atoms with Gasteiger partial charge < -0.3 is 0 Å². The van der Waals surface area contributed by atoms with E-state index in [0.29, 0.717) is 0 Å². The van der Waals surface area contributed by atoms with E-state index in [2.05, 4.69) is 0 Å². The summed E-state index contributed by atoms with van der Waals surface area (Å²) in [6.07, 6.45) is 17.7. The molecule has 0 radical (unpaired) electrons. The fourth-order valence-corrected chi connectivity index (χ4v) is 4.05. The minimum Gasteiger partial charge on any atom is -0.150 e. The van der Waals surface area contributed by atoms with Crippen molar-refractivity contribution in [2.45, 2.75) is 89.5 Å². The average Bonchev–Trinajstić information content (AvgIpc) is 2.39. The Kier molecular flexibility index (Phi) is 18.1. The lowest BCUT2D eigenvalue weighted by atomic mass is 10.0. The first-order valence-corrected chi connectivity index (χ1v) is 13.0. The lowest BCUT2D eigenvalue weighted by Crippen LogP contribution is -1.91. The van der Waals surface area contributed by atoms with Crippen LogP contribution in [0.1, 0.15) is 83.5 Å². The zero-order valence-electron chi connectivity index (χ0n) is 12.3. The zero-order chi connectivity index (χ0) is 14.2. The van der Waals surface area contributed by atoms with Gasteiger partial charge >= 0.3 is 0 Å². The smallest absolute Gasteiger partial charge is 0.150 e. The van der Waals surface area contributed by atoms with Crippen molar-refractivity contribution in [3.05, 3.63) is 0 Å². The van der Waals surface area contributed by atoms with Gasteiger partial charge in [0.15, 0.2) is 0 Å². The van der Waals surface area contributed by atoms with Crippen molar-refractivity contribution in [1.82, 2.24) is 0 Å². The highest BCUT2D eigenvalue weighted by molar-refractivity contribution is 7.33. The van der Waals surface area contributed by atoms with Crippen molar-refractivity contribution in [1.29, 1.82) is 0 Å². The topological polar surface area (TPSA) is 0 Å². The lowest BCUT2D eigenvalue weighted by molar-refractivity contribution is 0.543. The van der Waals surface area contributed by atoms with Gasteiger partial charge in [-0.15, -0.1) is 11.6 Å². The van der Waals surface area contributed by atoms with Crippen molar-refractivity contribution in [3.8, 4) is 0 Å². The van der Waals surface area contributed by atoms with Crippen LogP contribution < -0.4 is 0 Å². The molecule has 0 bridgehead atoms. The number of hydrogen-bond donors (Lipinski definition) is 0. The first kappa shape index (κ1) is 20.1. The summed E-state index contributed by atoms with van der Waals surface area (Å²) >= 11 is 17.3. The molecular formula is C15H31Cl3Si. The first-order chi connectivity index (χ1) is 9.27. The van der Waals surface area contributed by atoms with Crippen molar-refractivity contribution < 1.29 is 0 Å². The number of hydrogen-bond acceptors (Lipinski definition) is 0. The molecule has 0 rings (SSSR count). The molecule has 19 heavy (non-hydrogen) atoms. The van der Waals surface area contributed by atoms with E-state index in [0.717, 1.165) is 11.9 Å². The fourth-order valence-electron chi connectivity index (χ4n) is 2.34. The van der Waals surface area contributed by atoms with Gasteiger partial charge in [-0.1, -0.05) is 77.0 Å². The Balaban J connectivity index is 2.91. The summed E-state index contributed by atoms with van der Waals surface area (Å²) in [5, 5.41) is 0. The molecule has 0 amide bonds. The number of alkyl halides is 1. The van der Waals surface area contributed by atoms with E-state index in [1.807, 2.05) is 0 Å². The van der Waals surface area contributed by atoms with Gasteiger partial charge in [0.25, 0.3) is 0 Å². The summed E-state index contributed by atoms with van der Waals surface area (Å²) in [7, 11) is -1.32. The van der Waals surface area contributed by atoms with Gasteiger partial charge in [0.2, 0.25) is 7.42 Å². The lowest BCUT2D eigenvalue weighted by Gasteiger charge is -2.03. The molecule has 4 heteroatoms. The average molecular weight is 346 g/mol. The molecule has 0 spiro atoms. The summed E-state index contributed by atoms with van der Waals surface area (Å²) in [5.74, 6) is 0.832. The van der Waals surface area contributed by atoms with E-state index >= 15 is 0 Å². The molecule has 0 unspecified atom stereocenters.